The third-order valence-corrected chi connectivity index (χ3v) is 27.1. The van der Waals surface area contributed by atoms with Gasteiger partial charge in [-0.25, -0.2) is 0 Å². The van der Waals surface area contributed by atoms with E-state index in [0.717, 1.165) is 0 Å². The summed E-state index contributed by atoms with van der Waals surface area (Å²) >= 11 is 0. The summed E-state index contributed by atoms with van der Waals surface area (Å²) in [5.74, 6) is 1.22. The van der Waals surface area contributed by atoms with Crippen molar-refractivity contribution in [1.82, 2.24) is 0 Å². The molecule has 2 saturated carbocycles. The Balaban J connectivity index is 2.69. The summed E-state index contributed by atoms with van der Waals surface area (Å²) in [5.41, 5.74) is 1.39. The van der Waals surface area contributed by atoms with Crippen LogP contribution < -0.4 is 0 Å². The van der Waals surface area contributed by atoms with Crippen LogP contribution in [0.5, 0.6) is 0 Å². The predicted molar refractivity (Wildman–Crippen MR) is 154 cm³/mol. The van der Waals surface area contributed by atoms with Crippen molar-refractivity contribution in [3.63, 3.8) is 0 Å². The van der Waals surface area contributed by atoms with Crippen molar-refractivity contribution < 1.29 is 4.12 Å². The van der Waals surface area contributed by atoms with E-state index in [2.05, 4.69) is 137 Å². The second-order valence-electron chi connectivity index (χ2n) is 16.9. The molecule has 0 saturated heterocycles. The van der Waals surface area contributed by atoms with E-state index in [0.29, 0.717) is 11.8 Å². The maximum Gasteiger partial charge on any atom is 0.180 e. The molecule has 0 aromatic rings. The van der Waals surface area contributed by atoms with Gasteiger partial charge < -0.3 is 4.12 Å². The average molecular weight is 495 g/mol. The van der Waals surface area contributed by atoms with Gasteiger partial charge in [0.1, 0.15) is 0 Å². The highest BCUT2D eigenvalue weighted by atomic mass is 28.4. The van der Waals surface area contributed by atoms with Crippen LogP contribution in [-0.2, 0) is 4.12 Å². The minimum Gasteiger partial charge on any atom is -0.455 e. The van der Waals surface area contributed by atoms with Gasteiger partial charge in [0.25, 0.3) is 0 Å². The summed E-state index contributed by atoms with van der Waals surface area (Å²) in [6, 6.07) is 0. The molecule has 0 aromatic carbocycles. The van der Waals surface area contributed by atoms with Gasteiger partial charge in [0, 0.05) is 0 Å². The molecular formula is C30H62OSi2. The highest BCUT2D eigenvalue weighted by molar-refractivity contribution is 6.88. The third-order valence-electron chi connectivity index (χ3n) is 15.9. The zero-order valence-electron chi connectivity index (χ0n) is 26.6. The molecule has 0 aliphatic heterocycles. The summed E-state index contributed by atoms with van der Waals surface area (Å²) in [6.45, 7) is 51.0. The Labute approximate surface area is 211 Å². The van der Waals surface area contributed by atoms with Gasteiger partial charge in [0.2, 0.25) is 0 Å². The van der Waals surface area contributed by atoms with Gasteiger partial charge in [-0.1, -0.05) is 111 Å². The largest absolute Gasteiger partial charge is 0.455 e. The van der Waals surface area contributed by atoms with E-state index in [-0.39, 0.29) is 42.6 Å². The average Bonchev–Trinajstić information content (AvgIpc) is 2.73. The standard InChI is InChI=1S/C30H62OSi2/c1-21-23(3,4)25(7,8)27(11,12)29(21,15)32(17,18)31-33(19,20)30(16)22(2)24(5,6)26(9,10)28(30,13)14/h21-22H,1-20H3. The molecule has 2 fully saturated rings. The Morgan fingerprint density at radius 3 is 0.788 bits per heavy atom. The van der Waals surface area contributed by atoms with Crippen LogP contribution in [0.4, 0.5) is 0 Å². The maximum absolute atomic E-state index is 7.86. The zero-order valence-corrected chi connectivity index (χ0v) is 28.6. The first-order valence-corrected chi connectivity index (χ1v) is 19.5. The molecule has 0 radical (unpaired) electrons. The topological polar surface area (TPSA) is 9.23 Å². The highest BCUT2D eigenvalue weighted by Crippen LogP contribution is 2.81. The van der Waals surface area contributed by atoms with Crippen LogP contribution >= 0.6 is 0 Å². The lowest BCUT2D eigenvalue weighted by Crippen LogP contribution is -2.63. The van der Waals surface area contributed by atoms with Crippen molar-refractivity contribution in [3.05, 3.63) is 0 Å². The Hall–Kier alpha value is 0.394. The summed E-state index contributed by atoms with van der Waals surface area (Å²) in [4.78, 5) is 0. The van der Waals surface area contributed by atoms with Gasteiger partial charge in [0.05, 0.1) is 0 Å². The fourth-order valence-corrected chi connectivity index (χ4v) is 23.2. The third kappa shape index (κ3) is 2.85. The van der Waals surface area contributed by atoms with Gasteiger partial charge in [-0.15, -0.1) is 0 Å². The van der Waals surface area contributed by atoms with Gasteiger partial charge in [-0.3, -0.25) is 0 Å². The van der Waals surface area contributed by atoms with E-state index in [1.165, 1.54) is 0 Å². The molecule has 0 amide bonds. The molecule has 33 heavy (non-hydrogen) atoms. The van der Waals surface area contributed by atoms with Gasteiger partial charge in [-0.2, -0.15) is 0 Å². The first kappa shape index (κ1) is 29.6. The molecule has 2 rings (SSSR count). The summed E-state index contributed by atoms with van der Waals surface area (Å²) in [5, 5.41) is 0.370. The smallest absolute Gasteiger partial charge is 0.180 e. The van der Waals surface area contributed by atoms with Crippen LogP contribution in [0.25, 0.3) is 0 Å². The Morgan fingerprint density at radius 2 is 0.636 bits per heavy atom. The minimum atomic E-state index is -2.14. The second kappa shape index (κ2) is 7.03. The number of hydrogen-bond donors (Lipinski definition) is 0. The summed E-state index contributed by atoms with van der Waals surface area (Å²) in [7, 11) is -4.29. The maximum atomic E-state index is 7.86. The lowest BCUT2D eigenvalue weighted by molar-refractivity contribution is 0.0324. The van der Waals surface area contributed by atoms with E-state index in [1.807, 2.05) is 0 Å². The van der Waals surface area contributed by atoms with Crippen LogP contribution in [0, 0.1) is 44.3 Å². The Kier molecular flexibility index (Phi) is 6.31. The Morgan fingerprint density at radius 1 is 0.424 bits per heavy atom. The molecule has 1 nitrogen and oxygen atoms in total. The van der Waals surface area contributed by atoms with Crippen LogP contribution in [0.15, 0.2) is 0 Å². The SMILES string of the molecule is CC1C(C)(C)C(C)(C)C(C)(C)C1(C)[Si](C)(C)O[Si](C)(C)C1(C)C(C)C(C)(C)C(C)(C)C1(C)C. The quantitative estimate of drug-likeness (QED) is 0.353. The van der Waals surface area contributed by atoms with E-state index in [1.54, 1.807) is 0 Å². The van der Waals surface area contributed by atoms with E-state index >= 15 is 0 Å². The van der Waals surface area contributed by atoms with Crippen molar-refractivity contribution in [3.8, 4) is 0 Å². The molecule has 0 spiro atoms. The lowest BCUT2D eigenvalue weighted by atomic mass is 9.59. The summed E-state index contributed by atoms with van der Waals surface area (Å²) in [6.07, 6.45) is 0. The normalized spacial score (nSPS) is 40.7. The molecule has 0 aromatic heterocycles. The van der Waals surface area contributed by atoms with Gasteiger partial charge >= 0.3 is 0 Å². The molecular weight excluding hydrogens is 433 g/mol. The Bertz CT molecular complexity index is 732. The van der Waals surface area contributed by atoms with Gasteiger partial charge in [-0.05, 0) is 80.6 Å². The fourth-order valence-electron chi connectivity index (χ4n) is 9.92. The van der Waals surface area contributed by atoms with Crippen LogP contribution in [0.2, 0.25) is 36.3 Å². The first-order chi connectivity index (χ1) is 14.0. The minimum absolute atomic E-state index is 0.185. The van der Waals surface area contributed by atoms with E-state index in [9.17, 15) is 0 Å². The lowest BCUT2D eigenvalue weighted by Gasteiger charge is -2.60. The highest BCUT2D eigenvalue weighted by Gasteiger charge is 2.77. The molecule has 0 heterocycles. The zero-order chi connectivity index (χ0) is 26.9. The molecule has 4 unspecified atom stereocenters. The molecule has 4 atom stereocenters. The van der Waals surface area contributed by atoms with Gasteiger partial charge in [0.15, 0.2) is 16.6 Å². The van der Waals surface area contributed by atoms with Crippen LogP contribution in [-0.4, -0.2) is 16.6 Å². The fraction of sp³-hybridized carbons (Fsp3) is 1.00. The number of hydrogen-bond acceptors (Lipinski definition) is 1. The molecule has 3 heteroatoms. The molecule has 196 valence electrons. The van der Waals surface area contributed by atoms with Crippen LogP contribution in [0.1, 0.15) is 111 Å². The molecule has 0 bridgehead atoms. The van der Waals surface area contributed by atoms with E-state index < -0.39 is 16.6 Å². The van der Waals surface area contributed by atoms with Crippen molar-refractivity contribution in [2.45, 2.75) is 147 Å². The van der Waals surface area contributed by atoms with E-state index in [4.69, 9.17) is 4.12 Å². The van der Waals surface area contributed by atoms with Crippen molar-refractivity contribution in [2.24, 2.45) is 44.3 Å². The summed E-state index contributed by atoms with van der Waals surface area (Å²) < 4.78 is 7.86. The predicted octanol–water partition coefficient (Wildman–Crippen LogP) is 10.4. The van der Waals surface area contributed by atoms with Crippen molar-refractivity contribution in [1.29, 1.82) is 0 Å². The van der Waals surface area contributed by atoms with Crippen LogP contribution in [0.3, 0.4) is 0 Å². The molecule has 2 aliphatic rings. The molecule has 0 N–H and O–H groups in total. The first-order valence-electron chi connectivity index (χ1n) is 13.7. The molecule has 2 aliphatic carbocycles. The monoisotopic (exact) mass is 494 g/mol. The number of rotatable bonds is 4. The second-order valence-corrected chi connectivity index (χ2v) is 25.8. The van der Waals surface area contributed by atoms with Crippen molar-refractivity contribution >= 4 is 16.6 Å². The van der Waals surface area contributed by atoms with Crippen molar-refractivity contribution in [2.75, 3.05) is 0 Å².